The molecule has 0 spiro atoms. The number of hydrogen-bond acceptors (Lipinski definition) is 1. The molecule has 1 aliphatic carbocycles. The summed E-state index contributed by atoms with van der Waals surface area (Å²) in [6.45, 7) is 8.27. The predicted molar refractivity (Wildman–Crippen MR) is 63.2 cm³/mol. The van der Waals surface area contributed by atoms with Crippen LogP contribution in [-0.2, 0) is 0 Å². The maximum Gasteiger partial charge on any atom is 0.0290 e. The Kier molecular flexibility index (Phi) is 4.73. The highest BCUT2D eigenvalue weighted by Gasteiger charge is 2.03. The van der Waals surface area contributed by atoms with Crippen LogP contribution in [0.4, 0.5) is 0 Å². The number of rotatable bonds is 5. The van der Waals surface area contributed by atoms with Crippen molar-refractivity contribution >= 4 is 0 Å². The average molecular weight is 187 g/mol. The van der Waals surface area contributed by atoms with Crippen LogP contribution < -0.4 is 5.32 Å². The van der Waals surface area contributed by atoms with E-state index in [1.165, 1.54) is 5.57 Å². The minimum absolute atomic E-state index is 0.452. The number of nitrogens with one attached hydrogen (secondary N) is 1. The van der Waals surface area contributed by atoms with Gasteiger partial charge in [-0.25, -0.2) is 0 Å². The summed E-state index contributed by atoms with van der Waals surface area (Å²) in [4.78, 5) is 0. The van der Waals surface area contributed by atoms with Crippen LogP contribution in [0.5, 0.6) is 0 Å². The first-order valence-corrected chi connectivity index (χ1v) is 4.87. The van der Waals surface area contributed by atoms with Crippen molar-refractivity contribution < 1.29 is 0 Å². The van der Waals surface area contributed by atoms with Crippen LogP contribution in [0.1, 0.15) is 6.42 Å². The quantitative estimate of drug-likeness (QED) is 0.653. The fourth-order valence-corrected chi connectivity index (χ4v) is 1.33. The molecule has 1 nitrogen and oxygen atoms in total. The first-order valence-electron chi connectivity index (χ1n) is 4.87. The Hall–Kier alpha value is -1.34. The molecule has 0 bridgehead atoms. The highest BCUT2D eigenvalue weighted by molar-refractivity contribution is 5.23. The van der Waals surface area contributed by atoms with E-state index in [-0.39, 0.29) is 0 Å². The molecule has 1 aliphatic rings. The second-order valence-corrected chi connectivity index (χ2v) is 3.22. The van der Waals surface area contributed by atoms with Gasteiger partial charge in [0.15, 0.2) is 0 Å². The standard InChI is InChI=1S/C13H17N/c1-3-8-12(4-2)11-14-13-9-6-5-7-10-13/h3-9,13-14H,1-2,10-11H2/b12-8+. The fourth-order valence-electron chi connectivity index (χ4n) is 1.33. The Morgan fingerprint density at radius 1 is 1.43 bits per heavy atom. The number of hydrogen-bond donors (Lipinski definition) is 1. The zero-order valence-corrected chi connectivity index (χ0v) is 8.45. The summed E-state index contributed by atoms with van der Waals surface area (Å²) in [5, 5.41) is 3.43. The van der Waals surface area contributed by atoms with Gasteiger partial charge in [-0.2, -0.15) is 0 Å². The van der Waals surface area contributed by atoms with E-state index < -0.39 is 0 Å². The molecule has 0 saturated carbocycles. The molecule has 1 rings (SSSR count). The molecule has 0 aliphatic heterocycles. The van der Waals surface area contributed by atoms with Gasteiger partial charge in [-0.15, -0.1) is 0 Å². The Morgan fingerprint density at radius 3 is 2.86 bits per heavy atom. The van der Waals surface area contributed by atoms with Gasteiger partial charge in [-0.1, -0.05) is 55.7 Å². The largest absolute Gasteiger partial charge is 0.306 e. The van der Waals surface area contributed by atoms with Gasteiger partial charge in [0.1, 0.15) is 0 Å². The molecule has 0 aromatic rings. The van der Waals surface area contributed by atoms with Gasteiger partial charge in [-0.3, -0.25) is 0 Å². The Balaban J connectivity index is 2.35. The third-order valence-electron chi connectivity index (χ3n) is 2.14. The summed E-state index contributed by atoms with van der Waals surface area (Å²) in [6, 6.07) is 0.452. The van der Waals surface area contributed by atoms with E-state index in [1.54, 1.807) is 6.08 Å². The minimum Gasteiger partial charge on any atom is -0.306 e. The molecule has 1 N–H and O–H groups in total. The van der Waals surface area contributed by atoms with Gasteiger partial charge < -0.3 is 5.32 Å². The first kappa shape index (κ1) is 10.7. The lowest BCUT2D eigenvalue weighted by atomic mass is 10.1. The van der Waals surface area contributed by atoms with Crippen molar-refractivity contribution in [1.82, 2.24) is 5.32 Å². The monoisotopic (exact) mass is 187 g/mol. The van der Waals surface area contributed by atoms with Crippen molar-refractivity contribution in [2.45, 2.75) is 12.5 Å². The molecular formula is C13H17N. The van der Waals surface area contributed by atoms with Crippen LogP contribution in [-0.4, -0.2) is 12.6 Å². The number of allylic oxidation sites excluding steroid dienone is 4. The van der Waals surface area contributed by atoms with E-state index in [2.05, 4.69) is 42.8 Å². The Bertz CT molecular complexity index is 282. The summed E-state index contributed by atoms with van der Waals surface area (Å²) in [5.41, 5.74) is 1.17. The van der Waals surface area contributed by atoms with Crippen LogP contribution in [0.2, 0.25) is 0 Å². The lowest BCUT2D eigenvalue weighted by Gasteiger charge is -2.15. The average Bonchev–Trinajstić information content (AvgIpc) is 2.25. The van der Waals surface area contributed by atoms with E-state index in [0.29, 0.717) is 6.04 Å². The Labute approximate surface area is 86.2 Å². The molecule has 0 fully saturated rings. The molecule has 1 unspecified atom stereocenters. The van der Waals surface area contributed by atoms with Gasteiger partial charge in [-0.05, 0) is 12.0 Å². The van der Waals surface area contributed by atoms with Crippen LogP contribution in [0.3, 0.4) is 0 Å². The molecule has 0 radical (unpaired) electrons. The van der Waals surface area contributed by atoms with Crippen LogP contribution >= 0.6 is 0 Å². The van der Waals surface area contributed by atoms with Crippen molar-refractivity contribution in [3.63, 3.8) is 0 Å². The topological polar surface area (TPSA) is 12.0 Å². The maximum atomic E-state index is 3.76. The SMILES string of the molecule is C=C/C=C(\C=C)CNC1C=CC=CC1. The molecule has 0 saturated heterocycles. The zero-order chi connectivity index (χ0) is 10.2. The molecular weight excluding hydrogens is 170 g/mol. The van der Waals surface area contributed by atoms with Gasteiger partial charge in [0, 0.05) is 12.6 Å². The first-order chi connectivity index (χ1) is 6.86. The highest BCUT2D eigenvalue weighted by atomic mass is 14.9. The van der Waals surface area contributed by atoms with Crippen LogP contribution in [0.15, 0.2) is 61.3 Å². The second kappa shape index (κ2) is 6.17. The van der Waals surface area contributed by atoms with Gasteiger partial charge >= 0.3 is 0 Å². The van der Waals surface area contributed by atoms with Crippen LogP contribution in [0, 0.1) is 0 Å². The summed E-state index contributed by atoms with van der Waals surface area (Å²) in [7, 11) is 0. The smallest absolute Gasteiger partial charge is 0.0290 e. The molecule has 0 amide bonds. The molecule has 0 aromatic heterocycles. The van der Waals surface area contributed by atoms with E-state index >= 15 is 0 Å². The molecule has 74 valence electrons. The molecule has 0 aromatic carbocycles. The van der Waals surface area contributed by atoms with Gasteiger partial charge in [0.25, 0.3) is 0 Å². The predicted octanol–water partition coefficient (Wildman–Crippen LogP) is 2.76. The molecule has 1 atom stereocenters. The van der Waals surface area contributed by atoms with Crippen molar-refractivity contribution in [2.24, 2.45) is 0 Å². The van der Waals surface area contributed by atoms with Gasteiger partial charge in [0.2, 0.25) is 0 Å². The normalized spacial score (nSPS) is 20.9. The van der Waals surface area contributed by atoms with Crippen LogP contribution in [0.25, 0.3) is 0 Å². The summed E-state index contributed by atoms with van der Waals surface area (Å²) in [5.74, 6) is 0. The molecule has 0 heterocycles. The summed E-state index contributed by atoms with van der Waals surface area (Å²) in [6.07, 6.45) is 15.2. The van der Waals surface area contributed by atoms with Crippen molar-refractivity contribution in [3.05, 3.63) is 61.3 Å². The van der Waals surface area contributed by atoms with E-state index in [0.717, 1.165) is 13.0 Å². The highest BCUT2D eigenvalue weighted by Crippen LogP contribution is 2.03. The third-order valence-corrected chi connectivity index (χ3v) is 2.14. The lowest BCUT2D eigenvalue weighted by molar-refractivity contribution is 0.631. The minimum atomic E-state index is 0.452. The zero-order valence-electron chi connectivity index (χ0n) is 8.45. The Morgan fingerprint density at radius 2 is 2.29 bits per heavy atom. The van der Waals surface area contributed by atoms with Gasteiger partial charge in [0.05, 0.1) is 0 Å². The summed E-state index contributed by atoms with van der Waals surface area (Å²) < 4.78 is 0. The molecule has 14 heavy (non-hydrogen) atoms. The van der Waals surface area contributed by atoms with E-state index in [9.17, 15) is 0 Å². The fraction of sp³-hybridized carbons (Fsp3) is 0.231. The van der Waals surface area contributed by atoms with Crippen molar-refractivity contribution in [1.29, 1.82) is 0 Å². The lowest BCUT2D eigenvalue weighted by Crippen LogP contribution is -2.28. The van der Waals surface area contributed by atoms with E-state index in [4.69, 9.17) is 0 Å². The second-order valence-electron chi connectivity index (χ2n) is 3.22. The molecule has 1 heteroatoms. The van der Waals surface area contributed by atoms with E-state index in [1.807, 2.05) is 12.2 Å². The van der Waals surface area contributed by atoms with Crippen molar-refractivity contribution in [2.75, 3.05) is 6.54 Å². The van der Waals surface area contributed by atoms with Crippen molar-refractivity contribution in [3.8, 4) is 0 Å². The maximum absolute atomic E-state index is 3.76. The summed E-state index contributed by atoms with van der Waals surface area (Å²) >= 11 is 0. The third kappa shape index (κ3) is 3.58.